The van der Waals surface area contributed by atoms with Crippen LogP contribution < -0.4 is 10.2 Å². The first-order valence-electron chi connectivity index (χ1n) is 7.96. The fourth-order valence-electron chi connectivity index (χ4n) is 2.94. The van der Waals surface area contributed by atoms with Gasteiger partial charge in [-0.05, 0) is 35.9 Å². The maximum Gasteiger partial charge on any atom is 0.327 e. The number of rotatable bonds is 3. The molecule has 0 spiro atoms. The molecule has 0 unspecified atom stereocenters. The summed E-state index contributed by atoms with van der Waals surface area (Å²) in [6, 6.07) is 13.2. The second-order valence-corrected chi connectivity index (χ2v) is 7.00. The molecular formula is C19H14N2O4S. The van der Waals surface area contributed by atoms with Gasteiger partial charge in [-0.1, -0.05) is 24.3 Å². The highest BCUT2D eigenvalue weighted by Crippen LogP contribution is 2.29. The quantitative estimate of drug-likeness (QED) is 0.812. The summed E-state index contributed by atoms with van der Waals surface area (Å²) in [6.45, 7) is 0. The summed E-state index contributed by atoms with van der Waals surface area (Å²) in [5.41, 5.74) is 2.19. The number of carbonyl (C=O) groups is 3. The van der Waals surface area contributed by atoms with Crippen molar-refractivity contribution in [1.82, 2.24) is 5.32 Å². The lowest BCUT2D eigenvalue weighted by atomic mass is 10.1. The van der Waals surface area contributed by atoms with Crippen molar-refractivity contribution < 1.29 is 19.5 Å². The number of nitrogens with zero attached hydrogens (tertiary/aromatic N) is 1. The van der Waals surface area contributed by atoms with E-state index in [-0.39, 0.29) is 11.8 Å². The van der Waals surface area contributed by atoms with Gasteiger partial charge in [0.1, 0.15) is 6.04 Å². The molecule has 2 aromatic rings. The summed E-state index contributed by atoms with van der Waals surface area (Å²) in [7, 11) is 0. The third-order valence-corrected chi connectivity index (χ3v) is 5.31. The van der Waals surface area contributed by atoms with E-state index in [1.807, 2.05) is 6.08 Å². The summed E-state index contributed by atoms with van der Waals surface area (Å²) in [5, 5.41) is 12.7. The Balaban J connectivity index is 1.55. The molecule has 2 heterocycles. The van der Waals surface area contributed by atoms with Crippen LogP contribution in [0.1, 0.15) is 26.3 Å². The first-order valence-corrected chi connectivity index (χ1v) is 8.95. The molecule has 0 radical (unpaired) electrons. The minimum Gasteiger partial charge on any atom is -0.480 e. The largest absolute Gasteiger partial charge is 0.480 e. The van der Waals surface area contributed by atoms with Crippen LogP contribution in [-0.2, 0) is 4.79 Å². The predicted octanol–water partition coefficient (Wildman–Crippen LogP) is 2.58. The minimum atomic E-state index is -0.873. The zero-order valence-corrected chi connectivity index (χ0v) is 14.3. The van der Waals surface area contributed by atoms with E-state index in [4.69, 9.17) is 5.11 Å². The molecule has 26 heavy (non-hydrogen) atoms. The van der Waals surface area contributed by atoms with E-state index >= 15 is 0 Å². The molecule has 2 aliphatic heterocycles. The summed E-state index contributed by atoms with van der Waals surface area (Å²) < 4.78 is 0. The van der Waals surface area contributed by atoms with Crippen molar-refractivity contribution in [2.24, 2.45) is 0 Å². The Morgan fingerprint density at radius 3 is 2.23 bits per heavy atom. The second kappa shape index (κ2) is 6.34. The van der Waals surface area contributed by atoms with Crippen molar-refractivity contribution in [1.29, 1.82) is 0 Å². The second-order valence-electron chi connectivity index (χ2n) is 5.94. The van der Waals surface area contributed by atoms with Gasteiger partial charge in [-0.15, -0.1) is 11.8 Å². The molecule has 0 saturated carbocycles. The Morgan fingerprint density at radius 2 is 1.69 bits per heavy atom. The van der Waals surface area contributed by atoms with Gasteiger partial charge in [-0.25, -0.2) is 9.69 Å². The smallest absolute Gasteiger partial charge is 0.327 e. The van der Waals surface area contributed by atoms with E-state index in [1.54, 1.807) is 48.5 Å². The molecule has 7 heteroatoms. The molecule has 0 aliphatic carbocycles. The first-order chi connectivity index (χ1) is 12.5. The molecule has 1 atom stereocenters. The number of imide groups is 1. The molecule has 2 N–H and O–H groups in total. The Labute approximate surface area is 153 Å². The molecule has 130 valence electrons. The summed E-state index contributed by atoms with van der Waals surface area (Å²) >= 11 is 1.45. The van der Waals surface area contributed by atoms with Gasteiger partial charge < -0.3 is 10.4 Å². The number of hydrogen-bond acceptors (Lipinski definition) is 5. The molecule has 2 aliphatic rings. The number of thioether (sulfide) groups is 1. The normalized spacial score (nSPS) is 20.4. The Morgan fingerprint density at radius 1 is 1.08 bits per heavy atom. The van der Waals surface area contributed by atoms with Gasteiger partial charge in [0.05, 0.1) is 21.8 Å². The van der Waals surface area contributed by atoms with E-state index in [2.05, 4.69) is 5.32 Å². The van der Waals surface area contributed by atoms with E-state index in [9.17, 15) is 14.4 Å². The zero-order valence-electron chi connectivity index (χ0n) is 13.5. The van der Waals surface area contributed by atoms with E-state index < -0.39 is 12.0 Å². The first kappa shape index (κ1) is 16.4. The number of hydrogen-bond donors (Lipinski definition) is 2. The Bertz CT molecular complexity index is 917. The topological polar surface area (TPSA) is 86.7 Å². The van der Waals surface area contributed by atoms with Gasteiger partial charge in [0, 0.05) is 5.75 Å². The van der Waals surface area contributed by atoms with Gasteiger partial charge in [-0.2, -0.15) is 0 Å². The molecule has 2 aromatic carbocycles. The average molecular weight is 366 g/mol. The number of nitrogens with one attached hydrogen (secondary N) is 1. The highest BCUT2D eigenvalue weighted by atomic mass is 32.2. The van der Waals surface area contributed by atoms with Crippen LogP contribution in [0, 0.1) is 0 Å². The van der Waals surface area contributed by atoms with Crippen molar-refractivity contribution in [2.75, 3.05) is 10.7 Å². The van der Waals surface area contributed by atoms with Gasteiger partial charge in [0.15, 0.2) is 0 Å². The summed E-state index contributed by atoms with van der Waals surface area (Å²) in [6.07, 6.45) is 1.85. The fraction of sp³-hybridized carbons (Fsp3) is 0.105. The lowest BCUT2D eigenvalue weighted by molar-refractivity contribution is -0.138. The van der Waals surface area contributed by atoms with Crippen LogP contribution in [0.4, 0.5) is 5.69 Å². The van der Waals surface area contributed by atoms with Crippen molar-refractivity contribution in [3.8, 4) is 0 Å². The van der Waals surface area contributed by atoms with Crippen LogP contribution in [0.3, 0.4) is 0 Å². The molecule has 0 aromatic heterocycles. The molecule has 2 amide bonds. The maximum atomic E-state index is 12.5. The highest BCUT2D eigenvalue weighted by molar-refractivity contribution is 8.03. The number of anilines is 1. The van der Waals surface area contributed by atoms with Crippen LogP contribution in [0.2, 0.25) is 0 Å². The van der Waals surface area contributed by atoms with Gasteiger partial charge in [-0.3, -0.25) is 9.59 Å². The third-order valence-electron chi connectivity index (χ3n) is 4.26. The molecule has 4 rings (SSSR count). The predicted molar refractivity (Wildman–Crippen MR) is 99.0 cm³/mol. The highest BCUT2D eigenvalue weighted by Gasteiger charge is 2.36. The zero-order chi connectivity index (χ0) is 18.3. The van der Waals surface area contributed by atoms with Crippen molar-refractivity contribution in [3.05, 3.63) is 70.3 Å². The van der Waals surface area contributed by atoms with Crippen molar-refractivity contribution >= 4 is 41.3 Å². The third kappa shape index (κ3) is 2.76. The standard InChI is InChI=1S/C19H14N2O4S/c22-17-13-3-1-2-4-14(13)18(23)21(17)12-7-5-11(6-8-12)9-16-20-15(10-26-16)19(24)25/h1-9,15,20H,10H2,(H,24,25)/b16-9+/t15-/m1/s1. The van der Waals surface area contributed by atoms with Crippen molar-refractivity contribution in [2.45, 2.75) is 6.04 Å². The van der Waals surface area contributed by atoms with Crippen molar-refractivity contribution in [3.63, 3.8) is 0 Å². The molecule has 0 bridgehead atoms. The molecule has 1 fully saturated rings. The Kier molecular flexibility index (Phi) is 4.00. The van der Waals surface area contributed by atoms with E-state index in [1.165, 1.54) is 16.7 Å². The number of aliphatic carboxylic acids is 1. The van der Waals surface area contributed by atoms with Gasteiger partial charge >= 0.3 is 5.97 Å². The molecule has 1 saturated heterocycles. The summed E-state index contributed by atoms with van der Waals surface area (Å²) in [5.74, 6) is -1.04. The monoisotopic (exact) mass is 366 g/mol. The van der Waals surface area contributed by atoms with Crippen LogP contribution in [0.25, 0.3) is 6.08 Å². The van der Waals surface area contributed by atoms with Crippen LogP contribution in [0.5, 0.6) is 0 Å². The lowest BCUT2D eigenvalue weighted by Crippen LogP contribution is -2.31. The van der Waals surface area contributed by atoms with E-state index in [0.717, 1.165) is 10.6 Å². The fourth-order valence-corrected chi connectivity index (χ4v) is 3.96. The van der Waals surface area contributed by atoms with Gasteiger partial charge in [0.25, 0.3) is 11.8 Å². The van der Waals surface area contributed by atoms with E-state index in [0.29, 0.717) is 22.6 Å². The number of carboxylic acids is 1. The van der Waals surface area contributed by atoms with Crippen LogP contribution in [0.15, 0.2) is 53.6 Å². The number of carbonyl (C=O) groups excluding carboxylic acids is 2. The average Bonchev–Trinajstić information content (AvgIpc) is 3.20. The SMILES string of the molecule is O=C(O)[C@H]1CS/C(=C/c2ccc(N3C(=O)c4ccccc4C3=O)cc2)N1. The minimum absolute atomic E-state index is 0.325. The van der Waals surface area contributed by atoms with Crippen LogP contribution >= 0.6 is 11.8 Å². The number of carboxylic acid groups (broad SMARTS) is 1. The maximum absolute atomic E-state index is 12.5. The number of fused-ring (bicyclic) bond motifs is 1. The summed E-state index contributed by atoms with van der Waals surface area (Å²) in [4.78, 5) is 37.1. The van der Waals surface area contributed by atoms with Gasteiger partial charge in [0.2, 0.25) is 0 Å². The molecule has 6 nitrogen and oxygen atoms in total. The number of benzene rings is 2. The lowest BCUT2D eigenvalue weighted by Gasteiger charge is -2.14. The number of amides is 2. The Hall–Kier alpha value is -3.06. The van der Waals surface area contributed by atoms with Crippen LogP contribution in [-0.4, -0.2) is 34.7 Å². The molecular weight excluding hydrogens is 352 g/mol.